The van der Waals surface area contributed by atoms with Crippen molar-refractivity contribution in [3.8, 4) is 5.75 Å². The molecule has 2 fully saturated rings. The average molecular weight is 273 g/mol. The predicted octanol–water partition coefficient (Wildman–Crippen LogP) is 3.95. The Kier molecular flexibility index (Phi) is 4.02. The summed E-state index contributed by atoms with van der Waals surface area (Å²) in [5.41, 5.74) is 4.08. The van der Waals surface area contributed by atoms with E-state index in [-0.39, 0.29) is 0 Å². The Labute approximate surface area is 122 Å². The standard InChI is InChI=1S/C18H27NO/c1-12-7-10-17(18(20-3)13(12)2)16-6-4-5-14(16)11-19-15-8-9-15/h7,10,14-16,19H,4-6,8-9,11H2,1-3H3. The minimum Gasteiger partial charge on any atom is -0.496 e. The molecule has 1 N–H and O–H groups in total. The second-order valence-corrected chi connectivity index (χ2v) is 6.61. The van der Waals surface area contributed by atoms with E-state index in [9.17, 15) is 0 Å². The quantitative estimate of drug-likeness (QED) is 0.877. The summed E-state index contributed by atoms with van der Waals surface area (Å²) in [5, 5.41) is 3.72. The zero-order chi connectivity index (χ0) is 14.1. The first-order chi connectivity index (χ1) is 9.70. The Morgan fingerprint density at radius 1 is 1.15 bits per heavy atom. The van der Waals surface area contributed by atoms with Crippen LogP contribution in [0, 0.1) is 19.8 Å². The molecule has 2 nitrogen and oxygen atoms in total. The largest absolute Gasteiger partial charge is 0.496 e. The van der Waals surface area contributed by atoms with Gasteiger partial charge in [0.1, 0.15) is 5.75 Å². The van der Waals surface area contributed by atoms with E-state index in [1.54, 1.807) is 0 Å². The van der Waals surface area contributed by atoms with Crippen LogP contribution in [-0.4, -0.2) is 19.7 Å². The maximum atomic E-state index is 5.74. The van der Waals surface area contributed by atoms with Gasteiger partial charge in [-0.3, -0.25) is 0 Å². The third kappa shape index (κ3) is 2.71. The maximum Gasteiger partial charge on any atom is 0.125 e. The Bertz CT molecular complexity index is 479. The summed E-state index contributed by atoms with van der Waals surface area (Å²) in [5.74, 6) is 2.59. The zero-order valence-corrected chi connectivity index (χ0v) is 13.0. The number of aryl methyl sites for hydroxylation is 1. The van der Waals surface area contributed by atoms with Crippen LogP contribution in [0.5, 0.6) is 5.75 Å². The van der Waals surface area contributed by atoms with Gasteiger partial charge in [-0.25, -0.2) is 0 Å². The van der Waals surface area contributed by atoms with Crippen LogP contribution in [0.15, 0.2) is 12.1 Å². The summed E-state index contributed by atoms with van der Waals surface area (Å²) < 4.78 is 5.74. The molecular formula is C18H27NO. The molecule has 1 aromatic carbocycles. The normalized spacial score (nSPS) is 25.9. The Balaban J connectivity index is 1.81. The van der Waals surface area contributed by atoms with Gasteiger partial charge in [0, 0.05) is 6.04 Å². The molecule has 0 radical (unpaired) electrons. The van der Waals surface area contributed by atoms with E-state index in [2.05, 4.69) is 31.3 Å². The van der Waals surface area contributed by atoms with Crippen molar-refractivity contribution in [2.24, 2.45) is 5.92 Å². The van der Waals surface area contributed by atoms with Crippen molar-refractivity contribution < 1.29 is 4.74 Å². The van der Waals surface area contributed by atoms with Crippen molar-refractivity contribution in [2.45, 2.75) is 57.9 Å². The molecule has 0 aromatic heterocycles. The lowest BCUT2D eigenvalue weighted by atomic mass is 9.86. The summed E-state index contributed by atoms with van der Waals surface area (Å²) in [6.45, 7) is 5.54. The monoisotopic (exact) mass is 273 g/mol. The molecule has 2 heteroatoms. The minimum atomic E-state index is 0.676. The third-order valence-electron chi connectivity index (χ3n) is 5.22. The van der Waals surface area contributed by atoms with Crippen LogP contribution < -0.4 is 10.1 Å². The summed E-state index contributed by atoms with van der Waals surface area (Å²) in [7, 11) is 1.82. The topological polar surface area (TPSA) is 21.3 Å². The fraction of sp³-hybridized carbons (Fsp3) is 0.667. The van der Waals surface area contributed by atoms with Gasteiger partial charge >= 0.3 is 0 Å². The van der Waals surface area contributed by atoms with Gasteiger partial charge in [-0.2, -0.15) is 0 Å². The van der Waals surface area contributed by atoms with Gasteiger partial charge < -0.3 is 10.1 Å². The molecule has 2 atom stereocenters. The van der Waals surface area contributed by atoms with Crippen LogP contribution in [0.1, 0.15) is 54.7 Å². The summed E-state index contributed by atoms with van der Waals surface area (Å²) in [6.07, 6.45) is 6.79. The lowest BCUT2D eigenvalue weighted by molar-refractivity contribution is 0.386. The molecule has 2 aliphatic carbocycles. The molecular weight excluding hydrogens is 246 g/mol. The smallest absolute Gasteiger partial charge is 0.125 e. The summed E-state index contributed by atoms with van der Waals surface area (Å²) in [4.78, 5) is 0. The van der Waals surface area contributed by atoms with Crippen molar-refractivity contribution in [3.05, 3.63) is 28.8 Å². The molecule has 110 valence electrons. The fourth-order valence-electron chi connectivity index (χ4n) is 3.67. The van der Waals surface area contributed by atoms with Crippen molar-refractivity contribution >= 4 is 0 Å². The van der Waals surface area contributed by atoms with Crippen molar-refractivity contribution in [3.63, 3.8) is 0 Å². The van der Waals surface area contributed by atoms with Crippen LogP contribution in [-0.2, 0) is 0 Å². The highest BCUT2D eigenvalue weighted by molar-refractivity contribution is 5.47. The minimum absolute atomic E-state index is 0.676. The van der Waals surface area contributed by atoms with Crippen molar-refractivity contribution in [1.29, 1.82) is 0 Å². The van der Waals surface area contributed by atoms with Crippen LogP contribution >= 0.6 is 0 Å². The molecule has 0 saturated heterocycles. The number of nitrogens with one attached hydrogen (secondary N) is 1. The van der Waals surface area contributed by atoms with E-state index >= 15 is 0 Å². The van der Waals surface area contributed by atoms with Gasteiger partial charge in [-0.05, 0) is 74.6 Å². The number of rotatable bonds is 5. The Morgan fingerprint density at radius 3 is 2.65 bits per heavy atom. The molecule has 0 heterocycles. The fourth-order valence-corrected chi connectivity index (χ4v) is 3.67. The zero-order valence-electron chi connectivity index (χ0n) is 13.0. The summed E-state index contributed by atoms with van der Waals surface area (Å²) in [6, 6.07) is 5.39. The van der Waals surface area contributed by atoms with E-state index < -0.39 is 0 Å². The molecule has 2 unspecified atom stereocenters. The van der Waals surface area contributed by atoms with E-state index in [1.807, 2.05) is 7.11 Å². The van der Waals surface area contributed by atoms with Gasteiger partial charge in [0.15, 0.2) is 0 Å². The third-order valence-corrected chi connectivity index (χ3v) is 5.22. The van der Waals surface area contributed by atoms with Gasteiger partial charge in [0.05, 0.1) is 7.11 Å². The number of hydrogen-bond acceptors (Lipinski definition) is 2. The average Bonchev–Trinajstić information content (AvgIpc) is 3.17. The van der Waals surface area contributed by atoms with Crippen LogP contribution in [0.25, 0.3) is 0 Å². The number of hydrogen-bond donors (Lipinski definition) is 1. The van der Waals surface area contributed by atoms with Gasteiger partial charge in [-0.15, -0.1) is 0 Å². The molecule has 2 saturated carbocycles. The second kappa shape index (κ2) is 5.77. The molecule has 0 bridgehead atoms. The first-order valence-electron chi connectivity index (χ1n) is 8.08. The molecule has 3 rings (SSSR count). The first kappa shape index (κ1) is 13.9. The van der Waals surface area contributed by atoms with E-state index in [4.69, 9.17) is 4.74 Å². The van der Waals surface area contributed by atoms with Crippen LogP contribution in [0.4, 0.5) is 0 Å². The lowest BCUT2D eigenvalue weighted by Crippen LogP contribution is -2.26. The first-order valence-corrected chi connectivity index (χ1v) is 8.08. The van der Waals surface area contributed by atoms with Gasteiger partial charge in [0.2, 0.25) is 0 Å². The molecule has 0 aliphatic heterocycles. The van der Waals surface area contributed by atoms with Crippen molar-refractivity contribution in [1.82, 2.24) is 5.32 Å². The highest BCUT2D eigenvalue weighted by atomic mass is 16.5. The van der Waals surface area contributed by atoms with Crippen LogP contribution in [0.2, 0.25) is 0 Å². The Morgan fingerprint density at radius 2 is 1.95 bits per heavy atom. The van der Waals surface area contributed by atoms with E-state index in [0.29, 0.717) is 5.92 Å². The highest BCUT2D eigenvalue weighted by Gasteiger charge is 2.32. The number of ether oxygens (including phenoxy) is 1. The molecule has 0 spiro atoms. The maximum absolute atomic E-state index is 5.74. The number of methoxy groups -OCH3 is 1. The van der Waals surface area contributed by atoms with E-state index in [0.717, 1.165) is 17.7 Å². The van der Waals surface area contributed by atoms with Gasteiger partial charge in [-0.1, -0.05) is 18.6 Å². The molecule has 2 aliphatic rings. The second-order valence-electron chi connectivity index (χ2n) is 6.61. The molecule has 0 amide bonds. The lowest BCUT2D eigenvalue weighted by Gasteiger charge is -2.24. The van der Waals surface area contributed by atoms with Crippen LogP contribution in [0.3, 0.4) is 0 Å². The SMILES string of the molecule is COc1c(C2CCCC2CNC2CC2)ccc(C)c1C. The van der Waals surface area contributed by atoms with Gasteiger partial charge in [0.25, 0.3) is 0 Å². The molecule has 20 heavy (non-hydrogen) atoms. The highest BCUT2D eigenvalue weighted by Crippen LogP contribution is 2.44. The molecule has 1 aromatic rings. The number of benzene rings is 1. The predicted molar refractivity (Wildman–Crippen MR) is 83.6 cm³/mol. The van der Waals surface area contributed by atoms with Crippen molar-refractivity contribution in [2.75, 3.05) is 13.7 Å². The summed E-state index contributed by atoms with van der Waals surface area (Å²) >= 11 is 0. The Hall–Kier alpha value is -1.02. The van der Waals surface area contributed by atoms with E-state index in [1.165, 1.54) is 55.3 Å².